The number of halogens is 1. The minimum absolute atomic E-state index is 0.0387. The largest absolute Gasteiger partial charge is 0.483 e. The van der Waals surface area contributed by atoms with Gasteiger partial charge in [0.15, 0.2) is 0 Å². The number of para-hydroxylation sites is 1. The first-order chi connectivity index (χ1) is 8.99. The van der Waals surface area contributed by atoms with Crippen molar-refractivity contribution in [3.63, 3.8) is 0 Å². The minimum atomic E-state index is -0.847. The zero-order valence-electron chi connectivity index (χ0n) is 11.1. The Morgan fingerprint density at radius 3 is 2.68 bits per heavy atom. The van der Waals surface area contributed by atoms with Crippen LogP contribution in [0.2, 0.25) is 0 Å². The number of nitro benzene ring substituents is 1. The van der Waals surface area contributed by atoms with Gasteiger partial charge in [-0.15, -0.1) is 0 Å². The van der Waals surface area contributed by atoms with E-state index in [0.29, 0.717) is 11.8 Å². The summed E-state index contributed by atoms with van der Waals surface area (Å²) < 4.78 is 19.1. The molecule has 0 heterocycles. The maximum Gasteiger partial charge on any atom is 0.346 e. The third-order valence-corrected chi connectivity index (χ3v) is 3.98. The van der Waals surface area contributed by atoms with E-state index in [1.807, 2.05) is 0 Å². The van der Waals surface area contributed by atoms with Gasteiger partial charge >= 0.3 is 5.69 Å². The summed E-state index contributed by atoms with van der Waals surface area (Å²) >= 11 is 0. The highest BCUT2D eigenvalue weighted by Crippen LogP contribution is 2.35. The number of nitro groups is 1. The van der Waals surface area contributed by atoms with Gasteiger partial charge in [0.1, 0.15) is 0 Å². The molecule has 3 unspecified atom stereocenters. The summed E-state index contributed by atoms with van der Waals surface area (Å²) in [6, 6.07) is 3.98. The Kier molecular flexibility index (Phi) is 4.02. The van der Waals surface area contributed by atoms with Crippen LogP contribution in [0.25, 0.3) is 0 Å². The Morgan fingerprint density at radius 1 is 1.32 bits per heavy atom. The van der Waals surface area contributed by atoms with Crippen LogP contribution in [0.3, 0.4) is 0 Å². The van der Waals surface area contributed by atoms with E-state index in [9.17, 15) is 14.5 Å². The van der Waals surface area contributed by atoms with E-state index >= 15 is 0 Å². The van der Waals surface area contributed by atoms with Crippen LogP contribution in [0.1, 0.15) is 33.1 Å². The number of hydrogen-bond donors (Lipinski definition) is 0. The Hall–Kier alpha value is -1.65. The second-order valence-electron chi connectivity index (χ2n) is 5.35. The van der Waals surface area contributed by atoms with Gasteiger partial charge in [0.05, 0.1) is 11.0 Å². The van der Waals surface area contributed by atoms with Crippen molar-refractivity contribution < 1.29 is 14.1 Å². The Morgan fingerprint density at radius 2 is 2.05 bits per heavy atom. The monoisotopic (exact) mass is 267 g/mol. The highest BCUT2D eigenvalue weighted by atomic mass is 19.1. The lowest BCUT2D eigenvalue weighted by molar-refractivity contribution is -0.388. The van der Waals surface area contributed by atoms with E-state index in [-0.39, 0.29) is 11.9 Å². The van der Waals surface area contributed by atoms with Crippen molar-refractivity contribution in [2.45, 2.75) is 39.2 Å². The first-order valence-electron chi connectivity index (χ1n) is 6.58. The average Bonchev–Trinajstić information content (AvgIpc) is 2.33. The predicted molar refractivity (Wildman–Crippen MR) is 69.6 cm³/mol. The van der Waals surface area contributed by atoms with E-state index < -0.39 is 16.4 Å². The van der Waals surface area contributed by atoms with E-state index in [0.717, 1.165) is 25.3 Å². The van der Waals surface area contributed by atoms with E-state index in [1.54, 1.807) is 0 Å². The maximum absolute atomic E-state index is 13.5. The molecule has 4 nitrogen and oxygen atoms in total. The molecule has 0 spiro atoms. The second kappa shape index (κ2) is 5.55. The van der Waals surface area contributed by atoms with Crippen LogP contribution in [-0.4, -0.2) is 11.0 Å². The molecule has 104 valence electrons. The highest BCUT2D eigenvalue weighted by molar-refractivity contribution is 5.47. The smallest absolute Gasteiger partial charge is 0.346 e. The molecule has 19 heavy (non-hydrogen) atoms. The molecule has 0 amide bonds. The van der Waals surface area contributed by atoms with Crippen molar-refractivity contribution in [1.82, 2.24) is 0 Å². The van der Waals surface area contributed by atoms with Crippen LogP contribution in [0.5, 0.6) is 5.75 Å². The molecular weight excluding hydrogens is 249 g/mol. The van der Waals surface area contributed by atoms with Crippen LogP contribution in [0.4, 0.5) is 10.1 Å². The Balaban J connectivity index is 2.15. The normalized spacial score (nSPS) is 27.0. The molecule has 1 aromatic rings. The maximum atomic E-state index is 13.5. The van der Waals surface area contributed by atoms with Crippen LogP contribution >= 0.6 is 0 Å². The van der Waals surface area contributed by atoms with Crippen molar-refractivity contribution in [2.24, 2.45) is 11.8 Å². The van der Waals surface area contributed by atoms with Gasteiger partial charge in [-0.3, -0.25) is 10.1 Å². The van der Waals surface area contributed by atoms with Crippen LogP contribution < -0.4 is 4.74 Å². The van der Waals surface area contributed by atoms with Crippen LogP contribution in [0, 0.1) is 27.8 Å². The summed E-state index contributed by atoms with van der Waals surface area (Å²) in [6.07, 6.45) is 2.69. The van der Waals surface area contributed by atoms with E-state index in [4.69, 9.17) is 4.74 Å². The topological polar surface area (TPSA) is 52.4 Å². The average molecular weight is 267 g/mol. The summed E-state index contributed by atoms with van der Waals surface area (Å²) in [5.74, 6) is 0.352. The molecule has 0 aromatic heterocycles. The molecule has 1 fully saturated rings. The number of rotatable bonds is 3. The van der Waals surface area contributed by atoms with Crippen LogP contribution in [0.15, 0.2) is 18.2 Å². The highest BCUT2D eigenvalue weighted by Gasteiger charge is 2.29. The van der Waals surface area contributed by atoms with Gasteiger partial charge in [0.25, 0.3) is 0 Å². The third-order valence-electron chi connectivity index (χ3n) is 3.98. The summed E-state index contributed by atoms with van der Waals surface area (Å²) in [5.41, 5.74) is -0.561. The van der Waals surface area contributed by atoms with Crippen molar-refractivity contribution in [3.8, 4) is 5.75 Å². The van der Waals surface area contributed by atoms with Crippen LogP contribution in [-0.2, 0) is 0 Å². The van der Waals surface area contributed by atoms with Crippen molar-refractivity contribution in [3.05, 3.63) is 34.1 Å². The van der Waals surface area contributed by atoms with Gasteiger partial charge in [-0.25, -0.2) is 0 Å². The summed E-state index contributed by atoms with van der Waals surface area (Å²) in [6.45, 7) is 4.35. The molecule has 1 aromatic carbocycles. The molecule has 0 N–H and O–H groups in total. The first kappa shape index (κ1) is 13.8. The molecule has 1 saturated carbocycles. The fourth-order valence-electron chi connectivity index (χ4n) is 2.55. The molecule has 1 aliphatic rings. The molecule has 0 aliphatic heterocycles. The fraction of sp³-hybridized carbons (Fsp3) is 0.571. The van der Waals surface area contributed by atoms with Crippen molar-refractivity contribution in [1.29, 1.82) is 0 Å². The fourth-order valence-corrected chi connectivity index (χ4v) is 2.55. The first-order valence-corrected chi connectivity index (χ1v) is 6.58. The summed E-state index contributed by atoms with van der Waals surface area (Å²) in [7, 11) is 0. The zero-order chi connectivity index (χ0) is 14.0. The van der Waals surface area contributed by atoms with Gasteiger partial charge in [-0.05, 0) is 43.2 Å². The van der Waals surface area contributed by atoms with Crippen molar-refractivity contribution in [2.75, 3.05) is 0 Å². The minimum Gasteiger partial charge on any atom is -0.483 e. The quantitative estimate of drug-likeness (QED) is 0.615. The molecule has 1 aliphatic carbocycles. The number of benzene rings is 1. The van der Waals surface area contributed by atoms with Gasteiger partial charge in [-0.1, -0.05) is 19.9 Å². The lowest BCUT2D eigenvalue weighted by atomic mass is 9.80. The molecule has 0 radical (unpaired) electrons. The molecule has 3 atom stereocenters. The summed E-state index contributed by atoms with van der Waals surface area (Å²) in [4.78, 5) is 10.2. The number of nitrogens with zero attached hydrogens (tertiary/aromatic N) is 1. The SMILES string of the molecule is CC1CCC(Oc2cccc(F)c2[N+](=O)[O-])CC1C. The number of ether oxygens (including phenoxy) is 1. The third kappa shape index (κ3) is 3.03. The zero-order valence-corrected chi connectivity index (χ0v) is 11.1. The van der Waals surface area contributed by atoms with Gasteiger partial charge < -0.3 is 4.74 Å². The van der Waals surface area contributed by atoms with Gasteiger partial charge in [0, 0.05) is 0 Å². The summed E-state index contributed by atoms with van der Waals surface area (Å²) in [5, 5.41) is 10.9. The molecule has 0 saturated heterocycles. The van der Waals surface area contributed by atoms with E-state index in [2.05, 4.69) is 13.8 Å². The standard InChI is InChI=1S/C14H18FNO3/c1-9-6-7-11(8-10(9)2)19-13-5-3-4-12(15)14(13)16(17)18/h3-5,9-11H,6-8H2,1-2H3. The van der Waals surface area contributed by atoms with Gasteiger partial charge in [0.2, 0.25) is 11.6 Å². The molecule has 2 rings (SSSR count). The van der Waals surface area contributed by atoms with Gasteiger partial charge in [-0.2, -0.15) is 4.39 Å². The Labute approximate surface area is 111 Å². The lowest BCUT2D eigenvalue weighted by Crippen LogP contribution is -2.29. The lowest BCUT2D eigenvalue weighted by Gasteiger charge is -2.32. The predicted octanol–water partition coefficient (Wildman–Crippen LogP) is 3.94. The number of hydrogen-bond acceptors (Lipinski definition) is 3. The Bertz CT molecular complexity index is 478. The molecule has 5 heteroatoms. The van der Waals surface area contributed by atoms with E-state index in [1.165, 1.54) is 12.1 Å². The van der Waals surface area contributed by atoms with Crippen molar-refractivity contribution >= 4 is 5.69 Å². The second-order valence-corrected chi connectivity index (χ2v) is 5.35. The molecule has 0 bridgehead atoms. The molecular formula is C14H18FNO3.